The van der Waals surface area contributed by atoms with E-state index >= 15 is 0 Å². The fraction of sp³-hybridized carbons (Fsp3) is 0.467. The number of nitrogens with zero attached hydrogens (tertiary/aromatic N) is 2. The fourth-order valence-electron chi connectivity index (χ4n) is 2.09. The molecule has 1 saturated carbocycles. The summed E-state index contributed by atoms with van der Waals surface area (Å²) in [7, 11) is 0. The maximum Gasteiger partial charge on any atom is 0.264 e. The van der Waals surface area contributed by atoms with Crippen molar-refractivity contribution in [2.45, 2.75) is 45.3 Å². The number of aromatic nitrogens is 2. The Hall–Kier alpha value is -1.88. The van der Waals surface area contributed by atoms with Crippen molar-refractivity contribution in [3.8, 4) is 5.75 Å². The molecule has 2 aromatic rings. The molecule has 0 amide bonds. The summed E-state index contributed by atoms with van der Waals surface area (Å²) in [4.78, 5) is 4.32. The zero-order valence-corrected chi connectivity index (χ0v) is 11.7. The van der Waals surface area contributed by atoms with E-state index in [4.69, 9.17) is 9.26 Å². The molecule has 1 atom stereocenters. The average Bonchev–Trinajstić information content (AvgIpc) is 3.15. The van der Waals surface area contributed by atoms with Gasteiger partial charge in [0.05, 0.1) is 6.10 Å². The first kappa shape index (κ1) is 13.1. The summed E-state index contributed by atoms with van der Waals surface area (Å²) < 4.78 is 10.9. The summed E-state index contributed by atoms with van der Waals surface area (Å²) in [5.74, 6) is 2.39. The maximum absolute atomic E-state index is 9.75. The van der Waals surface area contributed by atoms with Crippen LogP contribution in [0, 0.1) is 6.92 Å². The number of aliphatic hydroxyl groups is 1. The summed E-state index contributed by atoms with van der Waals surface area (Å²) in [6.07, 6.45) is 1.71. The minimum absolute atomic E-state index is 0.225. The lowest BCUT2D eigenvalue weighted by molar-refractivity contribution is 0.185. The van der Waals surface area contributed by atoms with Crippen LogP contribution in [-0.2, 0) is 6.61 Å². The van der Waals surface area contributed by atoms with Gasteiger partial charge >= 0.3 is 0 Å². The van der Waals surface area contributed by atoms with E-state index in [0.717, 1.165) is 29.8 Å². The zero-order valence-electron chi connectivity index (χ0n) is 11.7. The first-order chi connectivity index (χ1) is 9.63. The number of benzene rings is 1. The van der Waals surface area contributed by atoms with Gasteiger partial charge in [0.2, 0.25) is 0 Å². The molecule has 3 rings (SSSR count). The Morgan fingerprint density at radius 1 is 1.45 bits per heavy atom. The van der Waals surface area contributed by atoms with E-state index in [0.29, 0.717) is 17.6 Å². The van der Waals surface area contributed by atoms with Gasteiger partial charge in [-0.2, -0.15) is 4.98 Å². The van der Waals surface area contributed by atoms with Crippen molar-refractivity contribution in [3.63, 3.8) is 0 Å². The third-order valence-corrected chi connectivity index (χ3v) is 3.40. The topological polar surface area (TPSA) is 68.4 Å². The highest BCUT2D eigenvalue weighted by molar-refractivity contribution is 5.38. The predicted molar refractivity (Wildman–Crippen MR) is 72.4 cm³/mol. The third-order valence-electron chi connectivity index (χ3n) is 3.40. The highest BCUT2D eigenvalue weighted by Crippen LogP contribution is 2.38. The normalized spacial score (nSPS) is 16.1. The van der Waals surface area contributed by atoms with Crippen LogP contribution in [0.4, 0.5) is 0 Å². The molecular weight excluding hydrogens is 256 g/mol. The number of ether oxygens (including phenoxy) is 1. The molecule has 1 fully saturated rings. The third kappa shape index (κ3) is 2.82. The molecule has 0 bridgehead atoms. The summed E-state index contributed by atoms with van der Waals surface area (Å²) in [6, 6.07) is 5.73. The summed E-state index contributed by atoms with van der Waals surface area (Å²) in [5.41, 5.74) is 1.84. The van der Waals surface area contributed by atoms with Crippen molar-refractivity contribution in [1.29, 1.82) is 0 Å². The van der Waals surface area contributed by atoms with Crippen LogP contribution >= 0.6 is 0 Å². The summed E-state index contributed by atoms with van der Waals surface area (Å²) >= 11 is 0. The number of hydrogen-bond acceptors (Lipinski definition) is 5. The van der Waals surface area contributed by atoms with Crippen LogP contribution in [0.5, 0.6) is 5.75 Å². The van der Waals surface area contributed by atoms with Gasteiger partial charge in [0, 0.05) is 11.5 Å². The van der Waals surface area contributed by atoms with Crippen LogP contribution in [0.25, 0.3) is 0 Å². The van der Waals surface area contributed by atoms with Gasteiger partial charge in [0.25, 0.3) is 5.89 Å². The molecule has 5 nitrogen and oxygen atoms in total. The Morgan fingerprint density at radius 3 is 2.95 bits per heavy atom. The molecule has 0 spiro atoms. The lowest BCUT2D eigenvalue weighted by Gasteiger charge is -2.13. The highest BCUT2D eigenvalue weighted by Gasteiger charge is 2.28. The van der Waals surface area contributed by atoms with E-state index in [9.17, 15) is 5.11 Å². The molecule has 106 valence electrons. The molecule has 5 heteroatoms. The molecule has 1 aliphatic carbocycles. The van der Waals surface area contributed by atoms with Crippen LogP contribution in [0.1, 0.15) is 54.6 Å². The van der Waals surface area contributed by atoms with Gasteiger partial charge in [0.15, 0.2) is 12.4 Å². The molecule has 0 saturated heterocycles. The highest BCUT2D eigenvalue weighted by atomic mass is 16.5. The number of rotatable bonds is 5. The van der Waals surface area contributed by atoms with Gasteiger partial charge < -0.3 is 14.4 Å². The standard InChI is InChI=1S/C15H18N2O3/c1-9-3-6-12(10(2)18)13(7-9)19-8-14-16-15(17-20-14)11-4-5-11/h3,6-7,10-11,18H,4-5,8H2,1-2H3. The van der Waals surface area contributed by atoms with Crippen molar-refractivity contribution >= 4 is 0 Å². The Morgan fingerprint density at radius 2 is 2.25 bits per heavy atom. The van der Waals surface area contributed by atoms with Crippen molar-refractivity contribution in [1.82, 2.24) is 10.1 Å². The zero-order chi connectivity index (χ0) is 14.1. The van der Waals surface area contributed by atoms with E-state index in [2.05, 4.69) is 10.1 Å². The van der Waals surface area contributed by atoms with Gasteiger partial charge in [-0.15, -0.1) is 0 Å². The van der Waals surface area contributed by atoms with Crippen LogP contribution in [0.2, 0.25) is 0 Å². The average molecular weight is 274 g/mol. The van der Waals surface area contributed by atoms with Gasteiger partial charge in [-0.05, 0) is 38.3 Å². The van der Waals surface area contributed by atoms with E-state index in [1.807, 2.05) is 25.1 Å². The quantitative estimate of drug-likeness (QED) is 0.908. The Kier molecular flexibility index (Phi) is 3.44. The van der Waals surface area contributed by atoms with E-state index in [1.54, 1.807) is 6.92 Å². The van der Waals surface area contributed by atoms with E-state index < -0.39 is 6.10 Å². The molecule has 0 aliphatic heterocycles. The number of aryl methyl sites for hydroxylation is 1. The van der Waals surface area contributed by atoms with Gasteiger partial charge in [-0.3, -0.25) is 0 Å². The van der Waals surface area contributed by atoms with Gasteiger partial charge in [-0.25, -0.2) is 0 Å². The van der Waals surface area contributed by atoms with Gasteiger partial charge in [-0.1, -0.05) is 17.3 Å². The number of aliphatic hydroxyl groups excluding tert-OH is 1. The molecule has 1 heterocycles. The van der Waals surface area contributed by atoms with Gasteiger partial charge in [0.1, 0.15) is 5.75 Å². The molecule has 1 N–H and O–H groups in total. The second-order valence-electron chi connectivity index (χ2n) is 5.33. The minimum atomic E-state index is -0.574. The van der Waals surface area contributed by atoms with Crippen LogP contribution < -0.4 is 4.74 Å². The maximum atomic E-state index is 9.75. The smallest absolute Gasteiger partial charge is 0.264 e. The van der Waals surface area contributed by atoms with Crippen LogP contribution in [0.3, 0.4) is 0 Å². The molecule has 1 aliphatic rings. The summed E-state index contributed by atoms with van der Waals surface area (Å²) in [6.45, 7) is 3.93. The Labute approximate surface area is 117 Å². The fourth-order valence-corrected chi connectivity index (χ4v) is 2.09. The van der Waals surface area contributed by atoms with Crippen LogP contribution in [-0.4, -0.2) is 15.2 Å². The second-order valence-corrected chi connectivity index (χ2v) is 5.33. The first-order valence-corrected chi connectivity index (χ1v) is 6.87. The van der Waals surface area contributed by atoms with Crippen LogP contribution in [0.15, 0.2) is 22.7 Å². The molecule has 1 unspecified atom stereocenters. The van der Waals surface area contributed by atoms with Crippen molar-refractivity contribution in [3.05, 3.63) is 41.0 Å². The molecule has 20 heavy (non-hydrogen) atoms. The van der Waals surface area contributed by atoms with Crippen molar-refractivity contribution < 1.29 is 14.4 Å². The monoisotopic (exact) mass is 274 g/mol. The van der Waals surface area contributed by atoms with Crippen molar-refractivity contribution in [2.75, 3.05) is 0 Å². The molecule has 0 radical (unpaired) electrons. The predicted octanol–water partition coefficient (Wildman–Crippen LogP) is 2.89. The molecular formula is C15H18N2O3. The molecule has 1 aromatic carbocycles. The number of hydrogen-bond donors (Lipinski definition) is 1. The summed E-state index contributed by atoms with van der Waals surface area (Å²) in [5, 5.41) is 13.7. The Bertz CT molecular complexity index is 603. The second kappa shape index (κ2) is 5.25. The minimum Gasteiger partial charge on any atom is -0.483 e. The SMILES string of the molecule is Cc1ccc(C(C)O)c(OCc2nc(C3CC3)no2)c1. The lowest BCUT2D eigenvalue weighted by Crippen LogP contribution is -2.01. The lowest BCUT2D eigenvalue weighted by atomic mass is 10.1. The molecule has 1 aromatic heterocycles. The largest absolute Gasteiger partial charge is 0.483 e. The first-order valence-electron chi connectivity index (χ1n) is 6.87. The Balaban J connectivity index is 1.71. The van der Waals surface area contributed by atoms with E-state index in [1.165, 1.54) is 0 Å². The van der Waals surface area contributed by atoms with Crippen molar-refractivity contribution in [2.24, 2.45) is 0 Å². The van der Waals surface area contributed by atoms with E-state index in [-0.39, 0.29) is 6.61 Å².